The third-order valence-electron chi connectivity index (χ3n) is 4.96. The van der Waals surface area contributed by atoms with Crippen LogP contribution in [0.15, 0.2) is 42.6 Å². The van der Waals surface area contributed by atoms with E-state index in [9.17, 15) is 22.8 Å². The van der Waals surface area contributed by atoms with Gasteiger partial charge in [0.25, 0.3) is 0 Å². The van der Waals surface area contributed by atoms with Gasteiger partial charge in [-0.05, 0) is 36.2 Å². The average molecular weight is 431 g/mol. The molecule has 1 aromatic carbocycles. The number of anilines is 2. The summed E-state index contributed by atoms with van der Waals surface area (Å²) in [4.78, 5) is 32.4. The summed E-state index contributed by atoms with van der Waals surface area (Å²) in [5.41, 5.74) is -0.521. The maximum atomic E-state index is 13.0. The van der Waals surface area contributed by atoms with Crippen molar-refractivity contribution in [1.82, 2.24) is 9.88 Å². The minimum atomic E-state index is -4.52. The molecule has 2 aromatic rings. The van der Waals surface area contributed by atoms with E-state index in [0.717, 1.165) is 12.1 Å². The second-order valence-corrected chi connectivity index (χ2v) is 7.48. The number of carbonyl (C=O) groups excluding carboxylic acids is 2. The Bertz CT molecular complexity index is 1010. The fourth-order valence-corrected chi connectivity index (χ4v) is 3.35. The summed E-state index contributed by atoms with van der Waals surface area (Å²) in [5, 5.41) is 11.3. The standard InChI is InChI=1S/C21H20F3N5O2/c1-13(2)17-11-29(18-7-6-14(9-25)10-26-18)20(31)28(17)12-19(30)27-16-5-3-4-15(8-16)21(22,23)24/h3-8,10,13,17H,11-12H2,1-2H3,(H,27,30)/t17-/m1/s1. The Hall–Kier alpha value is -3.61. The molecule has 2 heterocycles. The normalized spacial score (nSPS) is 16.5. The first-order chi connectivity index (χ1) is 14.6. The van der Waals surface area contributed by atoms with E-state index in [4.69, 9.17) is 5.26 Å². The molecule has 1 aliphatic rings. The summed E-state index contributed by atoms with van der Waals surface area (Å²) >= 11 is 0. The van der Waals surface area contributed by atoms with Crippen molar-refractivity contribution < 1.29 is 22.8 Å². The quantitative estimate of drug-likeness (QED) is 0.778. The lowest BCUT2D eigenvalue weighted by Gasteiger charge is -2.25. The molecule has 1 N–H and O–H groups in total. The summed E-state index contributed by atoms with van der Waals surface area (Å²) < 4.78 is 38.6. The van der Waals surface area contributed by atoms with Crippen LogP contribution < -0.4 is 10.2 Å². The van der Waals surface area contributed by atoms with E-state index in [0.29, 0.717) is 17.9 Å². The van der Waals surface area contributed by atoms with Crippen LogP contribution >= 0.6 is 0 Å². The van der Waals surface area contributed by atoms with Gasteiger partial charge in [0.15, 0.2) is 0 Å². The highest BCUT2D eigenvalue weighted by Gasteiger charge is 2.41. The number of aromatic nitrogens is 1. The van der Waals surface area contributed by atoms with Crippen molar-refractivity contribution in [2.45, 2.75) is 26.1 Å². The van der Waals surface area contributed by atoms with Gasteiger partial charge in [-0.3, -0.25) is 9.69 Å². The summed E-state index contributed by atoms with van der Waals surface area (Å²) in [5.74, 6) is -0.225. The topological polar surface area (TPSA) is 89.3 Å². The molecule has 1 fully saturated rings. The molecular formula is C21H20F3N5O2. The van der Waals surface area contributed by atoms with Crippen LogP contribution in [0, 0.1) is 17.2 Å². The van der Waals surface area contributed by atoms with E-state index in [2.05, 4.69) is 10.3 Å². The van der Waals surface area contributed by atoms with Crippen molar-refractivity contribution in [2.75, 3.05) is 23.3 Å². The Morgan fingerprint density at radius 2 is 2.06 bits per heavy atom. The number of amides is 3. The molecule has 1 aromatic heterocycles. The van der Waals surface area contributed by atoms with Gasteiger partial charge in [0.1, 0.15) is 18.4 Å². The van der Waals surface area contributed by atoms with Crippen molar-refractivity contribution in [3.05, 3.63) is 53.7 Å². The number of halogens is 3. The second-order valence-electron chi connectivity index (χ2n) is 7.48. The zero-order valence-electron chi connectivity index (χ0n) is 16.8. The number of urea groups is 1. The lowest BCUT2D eigenvalue weighted by molar-refractivity contribution is -0.137. The molecule has 0 spiro atoms. The number of rotatable bonds is 5. The smallest absolute Gasteiger partial charge is 0.325 e. The van der Waals surface area contributed by atoms with Crippen LogP contribution in [-0.4, -0.2) is 41.0 Å². The Kier molecular flexibility index (Phi) is 6.15. The lowest BCUT2D eigenvalue weighted by Crippen LogP contribution is -2.42. The van der Waals surface area contributed by atoms with Gasteiger partial charge in [-0.1, -0.05) is 19.9 Å². The van der Waals surface area contributed by atoms with Gasteiger partial charge < -0.3 is 10.2 Å². The fraction of sp³-hybridized carbons (Fsp3) is 0.333. The van der Waals surface area contributed by atoms with E-state index in [1.807, 2.05) is 19.9 Å². The molecule has 0 unspecified atom stereocenters. The molecular weight excluding hydrogens is 411 g/mol. The van der Waals surface area contributed by atoms with Crippen molar-refractivity contribution in [2.24, 2.45) is 5.92 Å². The van der Waals surface area contributed by atoms with Crippen molar-refractivity contribution in [3.8, 4) is 6.07 Å². The van der Waals surface area contributed by atoms with Crippen LogP contribution in [0.5, 0.6) is 0 Å². The molecule has 162 valence electrons. The molecule has 0 aliphatic carbocycles. The highest BCUT2D eigenvalue weighted by molar-refractivity contribution is 5.99. The molecule has 1 saturated heterocycles. The molecule has 7 nitrogen and oxygen atoms in total. The number of alkyl halides is 3. The number of benzene rings is 1. The first kappa shape index (κ1) is 22.1. The van der Waals surface area contributed by atoms with Gasteiger partial charge in [0, 0.05) is 18.4 Å². The van der Waals surface area contributed by atoms with Crippen LogP contribution in [0.25, 0.3) is 0 Å². The molecule has 3 rings (SSSR count). The van der Waals surface area contributed by atoms with Crippen molar-refractivity contribution in [1.29, 1.82) is 5.26 Å². The van der Waals surface area contributed by atoms with Gasteiger partial charge >= 0.3 is 12.2 Å². The van der Waals surface area contributed by atoms with Gasteiger partial charge in [0.2, 0.25) is 5.91 Å². The van der Waals surface area contributed by atoms with E-state index in [1.165, 1.54) is 28.1 Å². The largest absolute Gasteiger partial charge is 0.416 e. The van der Waals surface area contributed by atoms with Gasteiger partial charge in [-0.25, -0.2) is 9.78 Å². The van der Waals surface area contributed by atoms with Crippen molar-refractivity contribution in [3.63, 3.8) is 0 Å². The van der Waals surface area contributed by atoms with Crippen LogP contribution in [0.2, 0.25) is 0 Å². The van der Waals surface area contributed by atoms with Crippen LogP contribution in [0.1, 0.15) is 25.0 Å². The van der Waals surface area contributed by atoms with Crippen LogP contribution in [-0.2, 0) is 11.0 Å². The molecule has 3 amide bonds. The number of hydrogen-bond acceptors (Lipinski definition) is 4. The third-order valence-corrected chi connectivity index (χ3v) is 4.96. The SMILES string of the molecule is CC(C)[C@H]1CN(c2ccc(C#N)cn2)C(=O)N1CC(=O)Nc1cccc(C(F)(F)F)c1. The predicted octanol–water partition coefficient (Wildman–Crippen LogP) is 3.88. The third kappa shape index (κ3) is 4.94. The summed E-state index contributed by atoms with van der Waals surface area (Å²) in [7, 11) is 0. The zero-order chi connectivity index (χ0) is 22.8. The van der Waals surface area contributed by atoms with E-state index < -0.39 is 23.7 Å². The minimum Gasteiger partial charge on any atom is -0.325 e. The lowest BCUT2D eigenvalue weighted by atomic mass is 10.0. The molecule has 0 saturated carbocycles. The molecule has 0 radical (unpaired) electrons. The van der Waals surface area contributed by atoms with E-state index in [-0.39, 0.29) is 24.2 Å². The summed E-state index contributed by atoms with van der Waals surface area (Å²) in [6.45, 7) is 3.80. The Labute approximate surface area is 177 Å². The fourth-order valence-electron chi connectivity index (χ4n) is 3.35. The molecule has 1 atom stereocenters. The number of nitrogens with one attached hydrogen (secondary N) is 1. The van der Waals surface area contributed by atoms with Gasteiger partial charge in [-0.15, -0.1) is 0 Å². The monoisotopic (exact) mass is 431 g/mol. The second kappa shape index (κ2) is 8.63. The average Bonchev–Trinajstić information content (AvgIpc) is 3.04. The Balaban J connectivity index is 1.75. The number of pyridine rings is 1. The van der Waals surface area contributed by atoms with Gasteiger partial charge in [0.05, 0.1) is 17.2 Å². The van der Waals surface area contributed by atoms with Gasteiger partial charge in [-0.2, -0.15) is 18.4 Å². The minimum absolute atomic E-state index is 0.00168. The maximum absolute atomic E-state index is 13.0. The molecule has 31 heavy (non-hydrogen) atoms. The van der Waals surface area contributed by atoms with Crippen LogP contribution in [0.3, 0.4) is 0 Å². The maximum Gasteiger partial charge on any atom is 0.416 e. The number of nitrogens with zero attached hydrogens (tertiary/aromatic N) is 4. The van der Waals surface area contributed by atoms with E-state index in [1.54, 1.807) is 12.1 Å². The molecule has 1 aliphatic heterocycles. The number of nitriles is 1. The zero-order valence-corrected chi connectivity index (χ0v) is 16.8. The van der Waals surface area contributed by atoms with E-state index >= 15 is 0 Å². The first-order valence-corrected chi connectivity index (χ1v) is 9.51. The number of hydrogen-bond donors (Lipinski definition) is 1. The summed E-state index contributed by atoms with van der Waals surface area (Å²) in [6.07, 6.45) is -3.17. The predicted molar refractivity (Wildman–Crippen MR) is 107 cm³/mol. The highest BCUT2D eigenvalue weighted by Crippen LogP contribution is 2.31. The number of carbonyl (C=O) groups is 2. The van der Waals surface area contributed by atoms with Crippen LogP contribution in [0.4, 0.5) is 29.5 Å². The Morgan fingerprint density at radius 1 is 1.32 bits per heavy atom. The highest BCUT2D eigenvalue weighted by atomic mass is 19.4. The summed E-state index contributed by atoms with van der Waals surface area (Å²) in [6, 6.07) is 8.64. The van der Waals surface area contributed by atoms with Crippen molar-refractivity contribution >= 4 is 23.4 Å². The molecule has 0 bridgehead atoms. The Morgan fingerprint density at radius 3 is 2.65 bits per heavy atom. The molecule has 10 heteroatoms. The first-order valence-electron chi connectivity index (χ1n) is 9.51.